The van der Waals surface area contributed by atoms with Crippen LogP contribution in [0.25, 0.3) is 0 Å². The van der Waals surface area contributed by atoms with Crippen LogP contribution in [-0.2, 0) is 16.1 Å². The maximum absolute atomic E-state index is 12.2. The topological polar surface area (TPSA) is 88.3 Å². The fraction of sp³-hybridized carbons (Fsp3) is 0.462. The zero-order valence-corrected chi connectivity index (χ0v) is 10.9. The summed E-state index contributed by atoms with van der Waals surface area (Å²) in [5.41, 5.74) is 3.09. The molecule has 3 rings (SSSR count). The second-order valence-corrected chi connectivity index (χ2v) is 5.74. The van der Waals surface area contributed by atoms with Crippen LogP contribution in [-0.4, -0.2) is 21.7 Å². The third-order valence-corrected chi connectivity index (χ3v) is 4.20. The second kappa shape index (κ2) is 3.77. The number of rotatable bonds is 3. The van der Waals surface area contributed by atoms with Crippen LogP contribution in [0.3, 0.4) is 0 Å². The number of hydrogen-bond donors (Lipinski definition) is 2. The highest BCUT2D eigenvalue weighted by atomic mass is 16.2. The van der Waals surface area contributed by atoms with Crippen molar-refractivity contribution in [1.82, 2.24) is 9.88 Å². The number of carbonyl (C=O) groups excluding carboxylic acids is 2. The highest BCUT2D eigenvalue weighted by Gasteiger charge is 2.72. The van der Waals surface area contributed by atoms with Crippen LogP contribution in [0.15, 0.2) is 18.3 Å². The van der Waals surface area contributed by atoms with E-state index in [1.54, 1.807) is 18.3 Å². The quantitative estimate of drug-likeness (QED) is 0.469. The molecule has 1 aromatic heterocycles. The average molecular weight is 260 g/mol. The monoisotopic (exact) mass is 260 g/mol. The highest BCUT2D eigenvalue weighted by Crippen LogP contribution is 2.63. The molecule has 1 aliphatic carbocycles. The molecule has 3 N–H and O–H groups in total. The number of aromatic nitrogens is 1. The molecule has 2 fully saturated rings. The van der Waals surface area contributed by atoms with E-state index in [9.17, 15) is 9.59 Å². The lowest BCUT2D eigenvalue weighted by molar-refractivity contribution is -0.143. The molecule has 1 aliphatic heterocycles. The van der Waals surface area contributed by atoms with Gasteiger partial charge in [-0.1, -0.05) is 19.9 Å². The van der Waals surface area contributed by atoms with Gasteiger partial charge >= 0.3 is 0 Å². The van der Waals surface area contributed by atoms with Gasteiger partial charge in [0.05, 0.1) is 18.4 Å². The van der Waals surface area contributed by atoms with Crippen molar-refractivity contribution in [2.45, 2.75) is 20.4 Å². The average Bonchev–Trinajstić information content (AvgIpc) is 2.87. The summed E-state index contributed by atoms with van der Waals surface area (Å²) in [4.78, 5) is 29.7. The molecule has 2 unspecified atom stereocenters. The zero-order valence-electron chi connectivity index (χ0n) is 10.9. The lowest BCUT2D eigenvalue weighted by Gasteiger charge is -2.20. The highest BCUT2D eigenvalue weighted by molar-refractivity contribution is 6.10. The Kier molecular flexibility index (Phi) is 2.40. The van der Waals surface area contributed by atoms with Gasteiger partial charge in [-0.15, -0.1) is 0 Å². The summed E-state index contributed by atoms with van der Waals surface area (Å²) in [6.45, 7) is 4.23. The van der Waals surface area contributed by atoms with Crippen molar-refractivity contribution in [3.63, 3.8) is 0 Å². The fourth-order valence-corrected chi connectivity index (χ4v) is 2.95. The normalized spacial score (nSPS) is 27.4. The zero-order chi connectivity index (χ0) is 13.8. The fourth-order valence-electron chi connectivity index (χ4n) is 2.95. The number of hydrogen-bond acceptors (Lipinski definition) is 5. The molecule has 1 saturated heterocycles. The number of likely N-dealkylation sites (tertiary alicyclic amines) is 1. The smallest absolute Gasteiger partial charge is 0.233 e. The van der Waals surface area contributed by atoms with E-state index >= 15 is 0 Å². The number of nitrogen functional groups attached to an aromatic ring is 1. The number of anilines is 1. The first-order chi connectivity index (χ1) is 8.96. The number of hydrazine groups is 1. The van der Waals surface area contributed by atoms with Crippen LogP contribution >= 0.6 is 0 Å². The van der Waals surface area contributed by atoms with E-state index in [-0.39, 0.29) is 29.1 Å². The Morgan fingerprint density at radius 1 is 1.32 bits per heavy atom. The molecule has 0 bridgehead atoms. The lowest BCUT2D eigenvalue weighted by atomic mass is 10.1. The number of amides is 2. The molecule has 2 amide bonds. The number of fused-ring (bicyclic) bond motifs is 1. The number of pyridine rings is 1. The van der Waals surface area contributed by atoms with Gasteiger partial charge in [-0.05, 0) is 17.0 Å². The number of imide groups is 1. The molecule has 2 heterocycles. The van der Waals surface area contributed by atoms with Gasteiger partial charge in [0.2, 0.25) is 11.8 Å². The summed E-state index contributed by atoms with van der Waals surface area (Å²) in [7, 11) is 0. The number of piperidine rings is 1. The molecule has 6 heteroatoms. The minimum Gasteiger partial charge on any atom is -0.308 e. The molecule has 100 valence electrons. The first-order valence-electron chi connectivity index (χ1n) is 6.23. The van der Waals surface area contributed by atoms with Gasteiger partial charge in [-0.3, -0.25) is 14.5 Å². The van der Waals surface area contributed by atoms with Gasteiger partial charge in [0.1, 0.15) is 5.82 Å². The van der Waals surface area contributed by atoms with E-state index in [1.807, 2.05) is 13.8 Å². The van der Waals surface area contributed by atoms with Crippen molar-refractivity contribution >= 4 is 17.6 Å². The predicted molar refractivity (Wildman–Crippen MR) is 68.4 cm³/mol. The number of nitrogens with two attached hydrogens (primary N) is 1. The van der Waals surface area contributed by atoms with Crippen LogP contribution in [0.2, 0.25) is 0 Å². The van der Waals surface area contributed by atoms with E-state index < -0.39 is 0 Å². The standard InChI is InChI=1S/C13H16N4O2/c1-13(2)9-10(13)12(19)17(11(9)18)6-7-3-4-8(16-14)15-5-7/h3-5,9-10H,6,14H2,1-2H3,(H,15,16). The molecule has 0 spiro atoms. The van der Waals surface area contributed by atoms with Crippen molar-refractivity contribution in [3.8, 4) is 0 Å². The molecular weight excluding hydrogens is 244 g/mol. The third-order valence-electron chi connectivity index (χ3n) is 4.20. The summed E-state index contributed by atoms with van der Waals surface area (Å²) in [5, 5.41) is 0. The minimum absolute atomic E-state index is 0.0546. The third kappa shape index (κ3) is 1.63. The van der Waals surface area contributed by atoms with Crippen LogP contribution < -0.4 is 11.3 Å². The van der Waals surface area contributed by atoms with Crippen LogP contribution in [0.1, 0.15) is 19.4 Å². The number of nitrogens with zero attached hydrogens (tertiary/aromatic N) is 2. The van der Waals surface area contributed by atoms with Gasteiger partial charge in [-0.2, -0.15) is 0 Å². The Labute approximate surface area is 111 Å². The second-order valence-electron chi connectivity index (χ2n) is 5.74. The molecule has 19 heavy (non-hydrogen) atoms. The van der Waals surface area contributed by atoms with E-state index in [2.05, 4.69) is 10.4 Å². The summed E-state index contributed by atoms with van der Waals surface area (Å²) >= 11 is 0. The molecule has 2 aliphatic rings. The van der Waals surface area contributed by atoms with E-state index in [4.69, 9.17) is 5.84 Å². The first kappa shape index (κ1) is 12.1. The van der Waals surface area contributed by atoms with Gasteiger partial charge in [0.15, 0.2) is 0 Å². The van der Waals surface area contributed by atoms with E-state index in [1.165, 1.54) is 4.90 Å². The summed E-state index contributed by atoms with van der Waals surface area (Å²) in [6.07, 6.45) is 1.62. The molecule has 0 radical (unpaired) electrons. The maximum atomic E-state index is 12.2. The number of nitrogens with one attached hydrogen (secondary N) is 1. The van der Waals surface area contributed by atoms with E-state index in [0.717, 1.165) is 5.56 Å². The van der Waals surface area contributed by atoms with E-state index in [0.29, 0.717) is 12.4 Å². The Bertz CT molecular complexity index is 528. The van der Waals surface area contributed by atoms with Crippen LogP contribution in [0.5, 0.6) is 0 Å². The van der Waals surface area contributed by atoms with Crippen LogP contribution in [0, 0.1) is 17.3 Å². The lowest BCUT2D eigenvalue weighted by Crippen LogP contribution is -2.35. The number of carbonyl (C=O) groups is 2. The summed E-state index contributed by atoms with van der Waals surface area (Å²) in [6, 6.07) is 3.52. The van der Waals surface area contributed by atoms with Crippen molar-refractivity contribution in [1.29, 1.82) is 0 Å². The molecule has 1 saturated carbocycles. The first-order valence-corrected chi connectivity index (χ1v) is 6.23. The van der Waals surface area contributed by atoms with Crippen molar-refractivity contribution in [2.75, 3.05) is 5.43 Å². The molecule has 2 atom stereocenters. The summed E-state index contributed by atoms with van der Waals surface area (Å²) in [5.74, 6) is 5.42. The Morgan fingerprint density at radius 3 is 2.42 bits per heavy atom. The molecule has 6 nitrogen and oxygen atoms in total. The SMILES string of the molecule is CC1(C)C2C(=O)N(Cc3ccc(NN)nc3)C(=O)C21. The van der Waals surface area contributed by atoms with Gasteiger partial charge in [0.25, 0.3) is 0 Å². The Hall–Kier alpha value is -1.95. The largest absolute Gasteiger partial charge is 0.308 e. The van der Waals surface area contributed by atoms with Crippen molar-refractivity contribution < 1.29 is 9.59 Å². The van der Waals surface area contributed by atoms with Crippen molar-refractivity contribution in [3.05, 3.63) is 23.9 Å². The molecule has 0 aromatic carbocycles. The van der Waals surface area contributed by atoms with Crippen molar-refractivity contribution in [2.24, 2.45) is 23.1 Å². The summed E-state index contributed by atoms with van der Waals surface area (Å²) < 4.78 is 0. The maximum Gasteiger partial charge on any atom is 0.233 e. The minimum atomic E-state index is -0.157. The Morgan fingerprint density at radius 2 is 1.95 bits per heavy atom. The molecular formula is C13H16N4O2. The predicted octanol–water partition coefficient (Wildman–Crippen LogP) is 0.508. The van der Waals surface area contributed by atoms with Gasteiger partial charge in [0, 0.05) is 6.20 Å². The van der Waals surface area contributed by atoms with Gasteiger partial charge in [-0.25, -0.2) is 10.8 Å². The Balaban J connectivity index is 1.75. The van der Waals surface area contributed by atoms with Crippen LogP contribution in [0.4, 0.5) is 5.82 Å². The van der Waals surface area contributed by atoms with Gasteiger partial charge < -0.3 is 5.43 Å². The molecule has 1 aromatic rings.